The van der Waals surface area contributed by atoms with Crippen LogP contribution < -0.4 is 5.76 Å². The van der Waals surface area contributed by atoms with E-state index in [0.29, 0.717) is 11.3 Å². The van der Waals surface area contributed by atoms with E-state index in [-0.39, 0.29) is 24.9 Å². The summed E-state index contributed by atoms with van der Waals surface area (Å²) in [6.45, 7) is 0.0178. The lowest BCUT2D eigenvalue weighted by Crippen LogP contribution is -2.32. The van der Waals surface area contributed by atoms with Crippen LogP contribution in [-0.2, 0) is 17.9 Å². The quantitative estimate of drug-likeness (QED) is 0.713. The maximum absolute atomic E-state index is 12.9. The number of halogens is 1. The lowest BCUT2D eigenvalue weighted by molar-refractivity contribution is -0.131. The summed E-state index contributed by atoms with van der Waals surface area (Å²) in [5.41, 5.74) is 0.448. The van der Waals surface area contributed by atoms with E-state index in [9.17, 15) is 14.0 Å². The molecule has 8 heteroatoms. The van der Waals surface area contributed by atoms with E-state index < -0.39 is 11.6 Å². The van der Waals surface area contributed by atoms with Crippen LogP contribution in [0.3, 0.4) is 0 Å². The van der Waals surface area contributed by atoms with Gasteiger partial charge in [0.2, 0.25) is 11.8 Å². The standard InChI is InChI=1S/C16H14FN3O4/c1-19(9-13-3-2-8-23-13)14(21)10-20-16(22)24-15(18-20)11-4-6-12(17)7-5-11/h2-8H,9-10H2,1H3. The van der Waals surface area contributed by atoms with Crippen LogP contribution in [0.4, 0.5) is 4.39 Å². The van der Waals surface area contributed by atoms with Gasteiger partial charge in [-0.2, -0.15) is 4.68 Å². The zero-order valence-corrected chi connectivity index (χ0v) is 12.8. The van der Waals surface area contributed by atoms with Gasteiger partial charge in [-0.05, 0) is 36.4 Å². The Morgan fingerprint density at radius 2 is 2.04 bits per heavy atom. The average Bonchev–Trinajstić information content (AvgIpc) is 3.18. The number of likely N-dealkylation sites (N-methyl/N-ethyl adjacent to an activating group) is 1. The van der Waals surface area contributed by atoms with Gasteiger partial charge in [0.05, 0.1) is 12.8 Å². The highest BCUT2D eigenvalue weighted by Gasteiger charge is 2.16. The van der Waals surface area contributed by atoms with Crippen molar-refractivity contribution in [2.24, 2.45) is 0 Å². The van der Waals surface area contributed by atoms with Gasteiger partial charge in [-0.15, -0.1) is 5.10 Å². The number of amides is 1. The number of benzene rings is 1. The first-order valence-corrected chi connectivity index (χ1v) is 7.13. The molecule has 2 aromatic heterocycles. The summed E-state index contributed by atoms with van der Waals surface area (Å²) in [7, 11) is 1.59. The molecule has 0 aliphatic carbocycles. The van der Waals surface area contributed by atoms with E-state index in [1.165, 1.54) is 35.4 Å². The summed E-state index contributed by atoms with van der Waals surface area (Å²) < 4.78 is 24.0. The number of furan rings is 1. The topological polar surface area (TPSA) is 81.5 Å². The van der Waals surface area contributed by atoms with Crippen molar-refractivity contribution in [2.75, 3.05) is 7.05 Å². The maximum Gasteiger partial charge on any atom is 0.437 e. The minimum atomic E-state index is -0.755. The van der Waals surface area contributed by atoms with Crippen molar-refractivity contribution in [2.45, 2.75) is 13.1 Å². The SMILES string of the molecule is CN(Cc1ccco1)C(=O)Cn1nc(-c2ccc(F)cc2)oc1=O. The molecule has 0 saturated heterocycles. The molecular formula is C16H14FN3O4. The Morgan fingerprint density at radius 1 is 1.29 bits per heavy atom. The first kappa shape index (κ1) is 15.7. The lowest BCUT2D eigenvalue weighted by atomic mass is 10.2. The van der Waals surface area contributed by atoms with Crippen molar-refractivity contribution < 1.29 is 18.0 Å². The highest BCUT2D eigenvalue weighted by molar-refractivity contribution is 5.75. The number of hydrogen-bond donors (Lipinski definition) is 0. The molecule has 24 heavy (non-hydrogen) atoms. The third-order valence-corrected chi connectivity index (χ3v) is 3.38. The first-order chi connectivity index (χ1) is 11.5. The van der Waals surface area contributed by atoms with Crippen molar-refractivity contribution >= 4 is 5.91 Å². The van der Waals surface area contributed by atoms with Gasteiger partial charge >= 0.3 is 5.76 Å². The van der Waals surface area contributed by atoms with E-state index in [2.05, 4.69) is 5.10 Å². The fraction of sp³-hybridized carbons (Fsp3) is 0.188. The lowest BCUT2D eigenvalue weighted by Gasteiger charge is -2.14. The summed E-state index contributed by atoms with van der Waals surface area (Å²) in [5, 5.41) is 3.97. The van der Waals surface area contributed by atoms with Crippen molar-refractivity contribution in [1.82, 2.24) is 14.7 Å². The van der Waals surface area contributed by atoms with Gasteiger partial charge in [-0.3, -0.25) is 4.79 Å². The molecule has 0 unspecified atom stereocenters. The average molecular weight is 331 g/mol. The van der Waals surface area contributed by atoms with Gasteiger partial charge in [0.25, 0.3) is 0 Å². The van der Waals surface area contributed by atoms with Gasteiger partial charge in [-0.1, -0.05) is 0 Å². The van der Waals surface area contributed by atoms with Gasteiger partial charge in [0, 0.05) is 12.6 Å². The Morgan fingerprint density at radius 3 is 2.71 bits per heavy atom. The molecule has 0 N–H and O–H groups in total. The Balaban J connectivity index is 1.72. The molecule has 0 bridgehead atoms. The summed E-state index contributed by atoms with van der Waals surface area (Å²) >= 11 is 0. The smallest absolute Gasteiger partial charge is 0.437 e. The summed E-state index contributed by atoms with van der Waals surface area (Å²) in [4.78, 5) is 25.4. The highest BCUT2D eigenvalue weighted by Crippen LogP contribution is 2.15. The Labute approximate surface area is 135 Å². The fourth-order valence-electron chi connectivity index (χ4n) is 2.09. The number of hydrogen-bond acceptors (Lipinski definition) is 5. The molecule has 0 aliphatic heterocycles. The fourth-order valence-corrected chi connectivity index (χ4v) is 2.09. The predicted molar refractivity (Wildman–Crippen MR) is 81.3 cm³/mol. The normalized spacial score (nSPS) is 10.8. The number of aromatic nitrogens is 2. The van der Waals surface area contributed by atoms with E-state index in [0.717, 1.165) is 4.68 Å². The molecule has 3 aromatic rings. The molecule has 124 valence electrons. The molecule has 0 saturated carbocycles. The van der Waals surface area contributed by atoms with Crippen LogP contribution in [0.2, 0.25) is 0 Å². The van der Waals surface area contributed by atoms with Crippen LogP contribution >= 0.6 is 0 Å². The Kier molecular flexibility index (Phi) is 4.28. The molecule has 0 aliphatic rings. The second-order valence-corrected chi connectivity index (χ2v) is 5.17. The molecule has 0 atom stereocenters. The minimum Gasteiger partial charge on any atom is -0.467 e. The summed E-state index contributed by atoms with van der Waals surface area (Å²) in [5.74, 6) is -0.830. The number of nitrogens with zero attached hydrogens (tertiary/aromatic N) is 3. The molecule has 1 amide bonds. The van der Waals surface area contributed by atoms with Crippen molar-refractivity contribution in [1.29, 1.82) is 0 Å². The Bertz CT molecular complexity index is 881. The zero-order valence-electron chi connectivity index (χ0n) is 12.8. The molecule has 0 fully saturated rings. The summed E-state index contributed by atoms with van der Waals surface area (Å²) in [6, 6.07) is 8.82. The zero-order chi connectivity index (χ0) is 17.1. The van der Waals surface area contributed by atoms with Gasteiger partial charge in [-0.25, -0.2) is 9.18 Å². The third-order valence-electron chi connectivity index (χ3n) is 3.38. The van der Waals surface area contributed by atoms with Crippen LogP contribution in [0.25, 0.3) is 11.5 Å². The van der Waals surface area contributed by atoms with Gasteiger partial charge < -0.3 is 13.7 Å². The van der Waals surface area contributed by atoms with Crippen LogP contribution in [0.1, 0.15) is 5.76 Å². The van der Waals surface area contributed by atoms with Crippen LogP contribution in [-0.4, -0.2) is 27.6 Å². The van der Waals surface area contributed by atoms with Crippen LogP contribution in [0.5, 0.6) is 0 Å². The number of rotatable bonds is 5. The Hall–Kier alpha value is -3.16. The molecular weight excluding hydrogens is 317 g/mol. The second kappa shape index (κ2) is 6.53. The predicted octanol–water partition coefficient (Wildman–Crippen LogP) is 1.89. The van der Waals surface area contributed by atoms with E-state index >= 15 is 0 Å². The molecule has 7 nitrogen and oxygen atoms in total. The van der Waals surface area contributed by atoms with E-state index in [1.54, 1.807) is 19.2 Å². The maximum atomic E-state index is 12.9. The van der Waals surface area contributed by atoms with Crippen molar-refractivity contribution in [3.05, 3.63) is 64.8 Å². The molecule has 1 aromatic carbocycles. The largest absolute Gasteiger partial charge is 0.467 e. The van der Waals surface area contributed by atoms with Crippen molar-refractivity contribution in [3.63, 3.8) is 0 Å². The molecule has 0 spiro atoms. The van der Waals surface area contributed by atoms with Gasteiger partial charge in [0.15, 0.2) is 0 Å². The van der Waals surface area contributed by atoms with Crippen LogP contribution in [0.15, 0.2) is 56.3 Å². The third kappa shape index (κ3) is 3.43. The number of carbonyl (C=O) groups is 1. The summed E-state index contributed by atoms with van der Waals surface area (Å²) in [6.07, 6.45) is 1.52. The molecule has 3 rings (SSSR count). The van der Waals surface area contributed by atoms with E-state index in [1.807, 2.05) is 0 Å². The minimum absolute atomic E-state index is 0.0292. The first-order valence-electron chi connectivity index (χ1n) is 7.13. The van der Waals surface area contributed by atoms with E-state index in [4.69, 9.17) is 8.83 Å². The second-order valence-electron chi connectivity index (χ2n) is 5.17. The van der Waals surface area contributed by atoms with Gasteiger partial charge in [0.1, 0.15) is 18.1 Å². The monoisotopic (exact) mass is 331 g/mol. The highest BCUT2D eigenvalue weighted by atomic mass is 19.1. The molecule has 2 heterocycles. The van der Waals surface area contributed by atoms with Crippen molar-refractivity contribution in [3.8, 4) is 11.5 Å². The molecule has 0 radical (unpaired) electrons. The number of carbonyl (C=O) groups excluding carboxylic acids is 1. The van der Waals surface area contributed by atoms with Crippen LogP contribution in [0, 0.1) is 5.82 Å².